The largest absolute Gasteiger partial charge is 0.383 e. The molecule has 0 aliphatic carbocycles. The van der Waals surface area contributed by atoms with Crippen molar-refractivity contribution >= 4 is 34.2 Å². The van der Waals surface area contributed by atoms with Crippen LogP contribution in [-0.4, -0.2) is 14.7 Å². The number of hydrogen-bond acceptors (Lipinski definition) is 3. The van der Waals surface area contributed by atoms with Crippen LogP contribution in [0.5, 0.6) is 0 Å². The van der Waals surface area contributed by atoms with Crippen molar-refractivity contribution < 1.29 is 0 Å². The van der Waals surface area contributed by atoms with Crippen LogP contribution in [0.25, 0.3) is 0 Å². The molecule has 0 bridgehead atoms. The fraction of sp³-hybridized carbons (Fsp3) is 0.333. The van der Waals surface area contributed by atoms with Crippen LogP contribution < -0.4 is 5.73 Å². The molecule has 0 radical (unpaired) electrons. The first kappa shape index (κ1) is 12.1. The molecule has 0 aliphatic rings. The van der Waals surface area contributed by atoms with Gasteiger partial charge in [-0.1, -0.05) is 36.7 Å². The number of hydrogen-bond donors (Lipinski definition) is 1. The quantitative estimate of drug-likeness (QED) is 0.656. The standard InChI is InChI=1S/C9H12Cl2N4/c1-3-4-15-5-13-7(9(15)12)8(11)14-6(2)10/h5H,2-4,12H2,1H3/b14-8+. The van der Waals surface area contributed by atoms with Gasteiger partial charge in [-0.3, -0.25) is 0 Å². The first-order chi connectivity index (χ1) is 7.06. The molecular weight excluding hydrogens is 235 g/mol. The second kappa shape index (κ2) is 5.19. The minimum absolute atomic E-state index is 0.101. The van der Waals surface area contributed by atoms with Crippen molar-refractivity contribution in [2.24, 2.45) is 4.99 Å². The summed E-state index contributed by atoms with van der Waals surface area (Å²) in [6.45, 7) is 6.26. The zero-order valence-electron chi connectivity index (χ0n) is 8.37. The summed E-state index contributed by atoms with van der Waals surface area (Å²) in [5, 5.41) is 0.256. The lowest BCUT2D eigenvalue weighted by Crippen LogP contribution is -2.04. The Balaban J connectivity index is 3.01. The predicted molar refractivity (Wildman–Crippen MR) is 64.3 cm³/mol. The normalized spacial score (nSPS) is 11.8. The molecule has 0 aromatic carbocycles. The van der Waals surface area contributed by atoms with E-state index in [1.54, 1.807) is 6.33 Å². The zero-order chi connectivity index (χ0) is 11.4. The van der Waals surface area contributed by atoms with Crippen molar-refractivity contribution in [1.82, 2.24) is 9.55 Å². The second-order valence-corrected chi connectivity index (χ2v) is 3.74. The van der Waals surface area contributed by atoms with Crippen LogP contribution in [0.1, 0.15) is 19.0 Å². The number of nitrogens with zero attached hydrogens (tertiary/aromatic N) is 3. The van der Waals surface area contributed by atoms with Gasteiger partial charge in [0, 0.05) is 6.54 Å². The first-order valence-electron chi connectivity index (χ1n) is 4.45. The molecule has 6 heteroatoms. The van der Waals surface area contributed by atoms with Gasteiger partial charge >= 0.3 is 0 Å². The third kappa shape index (κ3) is 2.97. The Morgan fingerprint density at radius 1 is 1.67 bits per heavy atom. The van der Waals surface area contributed by atoms with Gasteiger partial charge in [0.05, 0.1) is 6.33 Å². The Kier molecular flexibility index (Phi) is 4.17. The van der Waals surface area contributed by atoms with Crippen molar-refractivity contribution in [3.05, 3.63) is 23.8 Å². The number of aryl methyl sites for hydroxylation is 1. The predicted octanol–water partition coefficient (Wildman–Crippen LogP) is 2.57. The molecule has 0 atom stereocenters. The molecule has 4 nitrogen and oxygen atoms in total. The van der Waals surface area contributed by atoms with E-state index in [1.165, 1.54) is 0 Å². The summed E-state index contributed by atoms with van der Waals surface area (Å²) >= 11 is 11.4. The number of nitrogen functional groups attached to an aromatic ring is 1. The van der Waals surface area contributed by atoms with Gasteiger partial charge in [0.15, 0.2) is 5.17 Å². The molecule has 0 fully saturated rings. The maximum absolute atomic E-state index is 5.87. The molecule has 0 amide bonds. The molecule has 2 N–H and O–H groups in total. The van der Waals surface area contributed by atoms with E-state index in [0.29, 0.717) is 11.5 Å². The van der Waals surface area contributed by atoms with Crippen LogP contribution in [0.15, 0.2) is 23.1 Å². The molecule has 0 spiro atoms. The smallest absolute Gasteiger partial charge is 0.160 e. The highest BCUT2D eigenvalue weighted by Gasteiger charge is 2.11. The fourth-order valence-corrected chi connectivity index (χ4v) is 1.50. The zero-order valence-corrected chi connectivity index (χ0v) is 9.89. The van der Waals surface area contributed by atoms with Crippen LogP contribution in [0, 0.1) is 0 Å². The summed E-state index contributed by atoms with van der Waals surface area (Å²) in [7, 11) is 0. The Bertz CT molecular complexity index is 395. The van der Waals surface area contributed by atoms with Crippen LogP contribution in [0.4, 0.5) is 5.82 Å². The molecule has 0 unspecified atom stereocenters. The number of aliphatic imine (C=N–C) groups is 1. The summed E-state index contributed by atoms with van der Waals surface area (Å²) in [5.74, 6) is 0.489. The average molecular weight is 247 g/mol. The van der Waals surface area contributed by atoms with Gasteiger partial charge in [-0.25, -0.2) is 9.98 Å². The second-order valence-electron chi connectivity index (χ2n) is 2.95. The maximum atomic E-state index is 5.87. The number of imidazole rings is 1. The van der Waals surface area contributed by atoms with E-state index in [4.69, 9.17) is 28.9 Å². The molecule has 1 heterocycles. The van der Waals surface area contributed by atoms with Gasteiger partial charge in [-0.2, -0.15) is 0 Å². The van der Waals surface area contributed by atoms with Crippen LogP contribution >= 0.6 is 23.2 Å². The van der Waals surface area contributed by atoms with Gasteiger partial charge < -0.3 is 10.3 Å². The van der Waals surface area contributed by atoms with Crippen LogP contribution in [0.2, 0.25) is 0 Å². The highest BCUT2D eigenvalue weighted by Crippen LogP contribution is 2.15. The molecule has 1 aromatic heterocycles. The van der Waals surface area contributed by atoms with E-state index in [1.807, 2.05) is 4.57 Å². The molecule has 0 saturated carbocycles. The number of rotatable bonds is 4. The number of aromatic nitrogens is 2. The van der Waals surface area contributed by atoms with Crippen molar-refractivity contribution in [1.29, 1.82) is 0 Å². The van der Waals surface area contributed by atoms with E-state index in [0.717, 1.165) is 13.0 Å². The number of anilines is 1. The molecule has 1 aromatic rings. The topological polar surface area (TPSA) is 56.2 Å². The lowest BCUT2D eigenvalue weighted by Gasteiger charge is -2.02. The van der Waals surface area contributed by atoms with E-state index in [9.17, 15) is 0 Å². The minimum Gasteiger partial charge on any atom is -0.383 e. The van der Waals surface area contributed by atoms with Crippen molar-refractivity contribution in [3.8, 4) is 0 Å². The molecule has 82 valence electrons. The SMILES string of the molecule is C=C(Cl)/N=C(/Cl)c1ncn(CCC)c1N. The summed E-state index contributed by atoms with van der Waals surface area (Å²) < 4.78 is 1.81. The van der Waals surface area contributed by atoms with Crippen molar-refractivity contribution in [2.45, 2.75) is 19.9 Å². The van der Waals surface area contributed by atoms with Gasteiger partial charge in [0.25, 0.3) is 0 Å². The van der Waals surface area contributed by atoms with Gasteiger partial charge in [0.2, 0.25) is 0 Å². The lowest BCUT2D eigenvalue weighted by atomic mass is 10.4. The number of nitrogens with two attached hydrogens (primary N) is 1. The van der Waals surface area contributed by atoms with Crippen LogP contribution in [0.3, 0.4) is 0 Å². The third-order valence-electron chi connectivity index (χ3n) is 1.76. The van der Waals surface area contributed by atoms with E-state index >= 15 is 0 Å². The molecule has 0 saturated heterocycles. The van der Waals surface area contributed by atoms with Gasteiger partial charge in [-0.15, -0.1) is 0 Å². The molecular formula is C9H12Cl2N4. The first-order valence-corrected chi connectivity index (χ1v) is 5.21. The molecule has 1 rings (SSSR count). The summed E-state index contributed by atoms with van der Waals surface area (Å²) in [6, 6.07) is 0. The Morgan fingerprint density at radius 2 is 2.33 bits per heavy atom. The summed E-state index contributed by atoms with van der Waals surface area (Å²) in [6.07, 6.45) is 2.60. The van der Waals surface area contributed by atoms with Crippen LogP contribution in [-0.2, 0) is 6.54 Å². The number of halogens is 2. The Morgan fingerprint density at radius 3 is 2.87 bits per heavy atom. The molecule has 0 aliphatic heterocycles. The Labute approximate surface area is 98.4 Å². The fourth-order valence-electron chi connectivity index (χ4n) is 1.13. The highest BCUT2D eigenvalue weighted by molar-refractivity contribution is 6.70. The highest BCUT2D eigenvalue weighted by atomic mass is 35.5. The van der Waals surface area contributed by atoms with Crippen molar-refractivity contribution in [2.75, 3.05) is 5.73 Å². The average Bonchev–Trinajstić information content (AvgIpc) is 2.48. The minimum atomic E-state index is 0.101. The maximum Gasteiger partial charge on any atom is 0.160 e. The molecule has 15 heavy (non-hydrogen) atoms. The summed E-state index contributed by atoms with van der Waals surface area (Å²) in [4.78, 5) is 7.84. The Hall–Kier alpha value is -1.00. The van der Waals surface area contributed by atoms with Crippen molar-refractivity contribution in [3.63, 3.8) is 0 Å². The van der Waals surface area contributed by atoms with Gasteiger partial charge in [0.1, 0.15) is 16.7 Å². The van der Waals surface area contributed by atoms with E-state index in [-0.39, 0.29) is 10.3 Å². The van der Waals surface area contributed by atoms with E-state index in [2.05, 4.69) is 23.5 Å². The monoisotopic (exact) mass is 246 g/mol. The third-order valence-corrected chi connectivity index (χ3v) is 2.11. The lowest BCUT2D eigenvalue weighted by molar-refractivity contribution is 0.686. The summed E-state index contributed by atoms with van der Waals surface area (Å²) in [5.41, 5.74) is 6.27. The van der Waals surface area contributed by atoms with E-state index < -0.39 is 0 Å². The van der Waals surface area contributed by atoms with Gasteiger partial charge in [-0.05, 0) is 6.42 Å².